The second-order valence-electron chi connectivity index (χ2n) is 6.27. The standard InChI is InChI=1S/C19H16N4O6S/c1-30(27,28)16-9-4-14(5-10-16)12-18-21-22-19(29-18)20-17(24)11-6-13-2-7-15(8-3-13)23(25)26/h2-11H,12H2,1H3,(H,20,22,24)/b11-6+. The number of nitro groups is 1. The van der Waals surface area contributed by atoms with Gasteiger partial charge in [0.15, 0.2) is 9.84 Å². The molecule has 3 rings (SSSR count). The molecule has 0 atom stereocenters. The van der Waals surface area contributed by atoms with Crippen molar-refractivity contribution >= 4 is 33.5 Å². The van der Waals surface area contributed by atoms with Crippen LogP contribution in [0.3, 0.4) is 0 Å². The Hall–Kier alpha value is -3.86. The van der Waals surface area contributed by atoms with Crippen LogP contribution in [-0.4, -0.2) is 35.7 Å². The van der Waals surface area contributed by atoms with Crippen molar-refractivity contribution in [3.05, 3.63) is 81.7 Å². The lowest BCUT2D eigenvalue weighted by Gasteiger charge is -2.00. The largest absolute Gasteiger partial charge is 0.407 e. The molecule has 0 unspecified atom stereocenters. The van der Waals surface area contributed by atoms with Crippen LogP contribution in [0.25, 0.3) is 6.08 Å². The molecule has 0 aliphatic heterocycles. The Labute approximate surface area is 171 Å². The second kappa shape index (κ2) is 8.66. The Morgan fingerprint density at radius 3 is 2.40 bits per heavy atom. The van der Waals surface area contributed by atoms with E-state index in [2.05, 4.69) is 15.5 Å². The van der Waals surface area contributed by atoms with Gasteiger partial charge in [-0.2, -0.15) is 0 Å². The van der Waals surface area contributed by atoms with Crippen LogP contribution in [0.1, 0.15) is 17.0 Å². The first-order valence-corrected chi connectivity index (χ1v) is 10.4. The molecule has 3 aromatic rings. The number of carbonyl (C=O) groups is 1. The normalized spacial score (nSPS) is 11.5. The number of anilines is 1. The Morgan fingerprint density at radius 1 is 1.13 bits per heavy atom. The fraction of sp³-hybridized carbons (Fsp3) is 0.105. The molecule has 30 heavy (non-hydrogen) atoms. The van der Waals surface area contributed by atoms with Crippen LogP contribution in [0.15, 0.2) is 63.9 Å². The van der Waals surface area contributed by atoms with Crippen molar-refractivity contribution in [3.8, 4) is 0 Å². The van der Waals surface area contributed by atoms with Crippen LogP contribution in [0.5, 0.6) is 0 Å². The van der Waals surface area contributed by atoms with Crippen LogP contribution in [0, 0.1) is 10.1 Å². The minimum atomic E-state index is -3.27. The highest BCUT2D eigenvalue weighted by Crippen LogP contribution is 2.15. The average molecular weight is 428 g/mol. The Kier molecular flexibility index (Phi) is 6.02. The lowest BCUT2D eigenvalue weighted by molar-refractivity contribution is -0.384. The predicted molar refractivity (Wildman–Crippen MR) is 107 cm³/mol. The minimum Gasteiger partial charge on any atom is -0.407 e. The average Bonchev–Trinajstić information content (AvgIpc) is 3.13. The van der Waals surface area contributed by atoms with E-state index in [4.69, 9.17) is 4.42 Å². The summed E-state index contributed by atoms with van der Waals surface area (Å²) in [5, 5.41) is 20.6. The van der Waals surface area contributed by atoms with E-state index in [1.165, 1.54) is 48.6 Å². The van der Waals surface area contributed by atoms with Gasteiger partial charge in [0.05, 0.1) is 16.2 Å². The number of nitrogens with zero attached hydrogens (tertiary/aromatic N) is 3. The molecule has 0 saturated carbocycles. The van der Waals surface area contributed by atoms with Crippen molar-refractivity contribution in [2.24, 2.45) is 0 Å². The molecule has 1 aromatic heterocycles. The Bertz CT molecular complexity index is 1200. The van der Waals surface area contributed by atoms with Crippen molar-refractivity contribution < 1.29 is 22.6 Å². The lowest BCUT2D eigenvalue weighted by Crippen LogP contribution is -2.07. The van der Waals surface area contributed by atoms with Crippen molar-refractivity contribution in [2.75, 3.05) is 11.6 Å². The molecule has 1 heterocycles. The summed E-state index contributed by atoms with van der Waals surface area (Å²) in [5.41, 5.74) is 1.34. The number of hydrogen-bond donors (Lipinski definition) is 1. The molecule has 0 fully saturated rings. The van der Waals surface area contributed by atoms with Gasteiger partial charge >= 0.3 is 6.01 Å². The number of nitrogens with one attached hydrogen (secondary N) is 1. The summed E-state index contributed by atoms with van der Waals surface area (Å²) >= 11 is 0. The maximum Gasteiger partial charge on any atom is 0.322 e. The van der Waals surface area contributed by atoms with Crippen LogP contribution in [0.4, 0.5) is 11.7 Å². The molecule has 1 amide bonds. The molecule has 1 N–H and O–H groups in total. The van der Waals surface area contributed by atoms with Crippen molar-refractivity contribution in [2.45, 2.75) is 11.3 Å². The highest BCUT2D eigenvalue weighted by atomic mass is 32.2. The maximum atomic E-state index is 12.0. The molecule has 0 saturated heterocycles. The summed E-state index contributed by atoms with van der Waals surface area (Å²) in [6.45, 7) is 0. The smallest absolute Gasteiger partial charge is 0.322 e. The molecule has 0 radical (unpaired) electrons. The number of rotatable bonds is 7. The van der Waals surface area contributed by atoms with E-state index < -0.39 is 20.7 Å². The molecule has 2 aromatic carbocycles. The first-order valence-electron chi connectivity index (χ1n) is 8.55. The highest BCUT2D eigenvalue weighted by molar-refractivity contribution is 7.90. The quantitative estimate of drug-likeness (QED) is 0.343. The van der Waals surface area contributed by atoms with Crippen LogP contribution in [0.2, 0.25) is 0 Å². The molecule has 10 nitrogen and oxygen atoms in total. The Balaban J connectivity index is 1.58. The van der Waals surface area contributed by atoms with Gasteiger partial charge in [0, 0.05) is 24.5 Å². The van der Waals surface area contributed by atoms with Gasteiger partial charge in [-0.25, -0.2) is 8.42 Å². The first kappa shape index (κ1) is 20.9. The molecule has 0 spiro atoms. The minimum absolute atomic E-state index is 0.0408. The zero-order chi connectivity index (χ0) is 21.7. The number of amides is 1. The summed E-state index contributed by atoms with van der Waals surface area (Å²) < 4.78 is 28.3. The van der Waals surface area contributed by atoms with Crippen LogP contribution >= 0.6 is 0 Å². The molecular weight excluding hydrogens is 412 g/mol. The van der Waals surface area contributed by atoms with E-state index in [9.17, 15) is 23.3 Å². The number of aromatic nitrogens is 2. The van der Waals surface area contributed by atoms with Crippen LogP contribution < -0.4 is 5.32 Å². The highest BCUT2D eigenvalue weighted by Gasteiger charge is 2.11. The third-order valence-corrected chi connectivity index (χ3v) is 5.06. The van der Waals surface area contributed by atoms with Gasteiger partial charge in [-0.15, -0.1) is 5.10 Å². The molecule has 154 valence electrons. The number of hydrogen-bond acceptors (Lipinski definition) is 8. The summed E-state index contributed by atoms with van der Waals surface area (Å²) in [5.74, 6) is -0.266. The SMILES string of the molecule is CS(=O)(=O)c1ccc(Cc2nnc(NC(=O)/C=C/c3ccc([N+](=O)[O-])cc3)o2)cc1. The third-order valence-electron chi connectivity index (χ3n) is 3.93. The fourth-order valence-corrected chi connectivity index (χ4v) is 3.06. The monoisotopic (exact) mass is 428 g/mol. The van der Waals surface area contributed by atoms with E-state index in [1.807, 2.05) is 0 Å². The fourth-order valence-electron chi connectivity index (χ4n) is 2.43. The maximum absolute atomic E-state index is 12.0. The topological polar surface area (TPSA) is 145 Å². The first-order chi connectivity index (χ1) is 14.2. The number of sulfone groups is 1. The van der Waals surface area contributed by atoms with E-state index in [0.717, 1.165) is 11.8 Å². The zero-order valence-electron chi connectivity index (χ0n) is 15.7. The lowest BCUT2D eigenvalue weighted by atomic mass is 10.1. The summed E-state index contributed by atoms with van der Waals surface area (Å²) in [6, 6.07) is 11.9. The van der Waals surface area contributed by atoms with Gasteiger partial charge < -0.3 is 4.42 Å². The molecule has 11 heteroatoms. The number of carbonyl (C=O) groups excluding carboxylic acids is 1. The summed E-state index contributed by atoms with van der Waals surface area (Å²) in [4.78, 5) is 22.3. The van der Waals surface area contributed by atoms with Gasteiger partial charge in [-0.1, -0.05) is 17.2 Å². The molecule has 0 aliphatic rings. The molecular formula is C19H16N4O6S. The Morgan fingerprint density at radius 2 is 1.80 bits per heavy atom. The molecule has 0 bridgehead atoms. The van der Waals surface area contributed by atoms with E-state index in [-0.39, 0.29) is 28.9 Å². The summed E-state index contributed by atoms with van der Waals surface area (Å²) in [7, 11) is -3.27. The summed E-state index contributed by atoms with van der Waals surface area (Å²) in [6.07, 6.45) is 4.12. The van der Waals surface area contributed by atoms with Gasteiger partial charge in [0.2, 0.25) is 5.89 Å². The third kappa shape index (κ3) is 5.58. The predicted octanol–water partition coefficient (Wildman–Crippen LogP) is 2.62. The van der Waals surface area contributed by atoms with Gasteiger partial charge in [0.1, 0.15) is 0 Å². The van der Waals surface area contributed by atoms with Crippen molar-refractivity contribution in [1.82, 2.24) is 10.2 Å². The van der Waals surface area contributed by atoms with Gasteiger partial charge in [-0.3, -0.25) is 20.2 Å². The van der Waals surface area contributed by atoms with E-state index in [1.54, 1.807) is 12.1 Å². The van der Waals surface area contributed by atoms with Gasteiger partial charge in [0.25, 0.3) is 11.6 Å². The van der Waals surface area contributed by atoms with Crippen molar-refractivity contribution in [1.29, 1.82) is 0 Å². The van der Waals surface area contributed by atoms with Crippen LogP contribution in [-0.2, 0) is 21.1 Å². The second-order valence-corrected chi connectivity index (χ2v) is 8.28. The zero-order valence-corrected chi connectivity index (χ0v) is 16.5. The van der Waals surface area contributed by atoms with E-state index >= 15 is 0 Å². The number of non-ortho nitro benzene ring substituents is 1. The van der Waals surface area contributed by atoms with Gasteiger partial charge in [-0.05, 0) is 41.5 Å². The number of benzene rings is 2. The van der Waals surface area contributed by atoms with E-state index in [0.29, 0.717) is 5.56 Å². The number of nitro benzene ring substituents is 1. The molecule has 0 aliphatic carbocycles. The van der Waals surface area contributed by atoms with Crippen molar-refractivity contribution in [3.63, 3.8) is 0 Å².